The molecule has 1 rings (SSSR count). The third kappa shape index (κ3) is 6.77. The Morgan fingerprint density at radius 1 is 1.00 bits per heavy atom. The smallest absolute Gasteiger partial charge is 0.348 e. The number of hydrogen-bond donors (Lipinski definition) is 0. The highest BCUT2D eigenvalue weighted by atomic mass is 16.6. The first-order valence-corrected chi connectivity index (χ1v) is 7.45. The normalized spacial score (nSPS) is 21.5. The van der Waals surface area contributed by atoms with Crippen molar-refractivity contribution in [3.05, 3.63) is 0 Å². The summed E-state index contributed by atoms with van der Waals surface area (Å²) >= 11 is 0. The van der Waals surface area contributed by atoms with Crippen LogP contribution in [0.3, 0.4) is 0 Å². The lowest BCUT2D eigenvalue weighted by atomic mass is 10.0. The number of carbonyl (C=O) groups is 5. The van der Waals surface area contributed by atoms with Crippen molar-refractivity contribution in [2.45, 2.75) is 58.5 Å². The van der Waals surface area contributed by atoms with E-state index in [0.29, 0.717) is 0 Å². The van der Waals surface area contributed by atoms with E-state index in [9.17, 15) is 24.0 Å². The molecular formula is C15H20O10. The first-order chi connectivity index (χ1) is 11.6. The molecule has 0 bridgehead atoms. The summed E-state index contributed by atoms with van der Waals surface area (Å²) in [7, 11) is 0. The maximum atomic E-state index is 11.8. The van der Waals surface area contributed by atoms with E-state index in [1.807, 2.05) is 0 Å². The Hall–Kier alpha value is -2.65. The third-order valence-corrected chi connectivity index (χ3v) is 3.09. The van der Waals surface area contributed by atoms with Crippen LogP contribution in [0.2, 0.25) is 0 Å². The van der Waals surface area contributed by atoms with Crippen LogP contribution in [0.15, 0.2) is 0 Å². The van der Waals surface area contributed by atoms with Gasteiger partial charge in [0.05, 0.1) is 0 Å². The van der Waals surface area contributed by atoms with Gasteiger partial charge in [0.1, 0.15) is 12.7 Å². The van der Waals surface area contributed by atoms with E-state index in [2.05, 4.69) is 0 Å². The molecule has 0 unspecified atom stereocenters. The SMILES string of the molecule is CC(=O)OC[C@@H](OC(C)=O)[C@@H](OC(C)=O)[C@H]1C[C@@H](OC(C)=O)C(=O)O1. The lowest BCUT2D eigenvalue weighted by molar-refractivity contribution is -0.185. The summed E-state index contributed by atoms with van der Waals surface area (Å²) in [6.45, 7) is 4.11. The molecule has 0 amide bonds. The fraction of sp³-hybridized carbons (Fsp3) is 0.667. The van der Waals surface area contributed by atoms with Crippen molar-refractivity contribution in [2.75, 3.05) is 6.61 Å². The molecule has 1 saturated heterocycles. The molecule has 140 valence electrons. The van der Waals surface area contributed by atoms with Gasteiger partial charge in [-0.1, -0.05) is 0 Å². The molecule has 0 aromatic rings. The second-order valence-electron chi connectivity index (χ2n) is 5.33. The number of carbonyl (C=O) groups excluding carboxylic acids is 5. The maximum Gasteiger partial charge on any atom is 0.348 e. The van der Waals surface area contributed by atoms with Crippen LogP contribution in [0.5, 0.6) is 0 Å². The molecule has 0 spiro atoms. The molecule has 1 fully saturated rings. The zero-order chi connectivity index (χ0) is 19.1. The Morgan fingerprint density at radius 3 is 2.08 bits per heavy atom. The molecule has 1 aliphatic rings. The molecule has 0 saturated carbocycles. The van der Waals surface area contributed by atoms with Crippen LogP contribution >= 0.6 is 0 Å². The van der Waals surface area contributed by atoms with Crippen molar-refractivity contribution in [2.24, 2.45) is 0 Å². The van der Waals surface area contributed by atoms with E-state index in [1.54, 1.807) is 0 Å². The van der Waals surface area contributed by atoms with Crippen molar-refractivity contribution >= 4 is 29.8 Å². The molecule has 25 heavy (non-hydrogen) atoms. The monoisotopic (exact) mass is 360 g/mol. The maximum absolute atomic E-state index is 11.8. The van der Waals surface area contributed by atoms with Gasteiger partial charge in [-0.15, -0.1) is 0 Å². The van der Waals surface area contributed by atoms with Crippen LogP contribution in [0, 0.1) is 0 Å². The van der Waals surface area contributed by atoms with Crippen molar-refractivity contribution in [3.63, 3.8) is 0 Å². The Bertz CT molecular complexity index is 555. The van der Waals surface area contributed by atoms with Gasteiger partial charge in [0, 0.05) is 34.1 Å². The van der Waals surface area contributed by atoms with Gasteiger partial charge in [0.25, 0.3) is 0 Å². The van der Waals surface area contributed by atoms with E-state index in [1.165, 1.54) is 0 Å². The first kappa shape index (κ1) is 20.4. The molecule has 0 aromatic heterocycles. The lowest BCUT2D eigenvalue weighted by Crippen LogP contribution is -2.46. The van der Waals surface area contributed by atoms with Gasteiger partial charge in [-0.2, -0.15) is 0 Å². The van der Waals surface area contributed by atoms with Crippen LogP contribution in [0.1, 0.15) is 34.1 Å². The predicted molar refractivity (Wildman–Crippen MR) is 77.8 cm³/mol. The molecule has 0 radical (unpaired) electrons. The Balaban J connectivity index is 2.97. The number of esters is 5. The second-order valence-corrected chi connectivity index (χ2v) is 5.33. The standard InChI is InChI=1S/C15H20O10/c1-7(16)21-6-13(23-9(3)18)14(24-10(4)19)11-5-12(15(20)25-11)22-8(2)17/h11-14H,5-6H2,1-4H3/t11-,12-,13-,14+/m1/s1. The average molecular weight is 360 g/mol. The number of ether oxygens (including phenoxy) is 5. The quantitative estimate of drug-likeness (QED) is 0.439. The Kier molecular flexibility index (Phi) is 7.34. The molecule has 10 nitrogen and oxygen atoms in total. The van der Waals surface area contributed by atoms with Crippen LogP contribution in [0.4, 0.5) is 0 Å². The third-order valence-electron chi connectivity index (χ3n) is 3.09. The molecule has 1 heterocycles. The predicted octanol–water partition coefficient (Wildman–Crippen LogP) is -0.340. The highest BCUT2D eigenvalue weighted by Crippen LogP contribution is 2.26. The van der Waals surface area contributed by atoms with Crippen LogP contribution in [0.25, 0.3) is 0 Å². The van der Waals surface area contributed by atoms with Crippen LogP contribution in [-0.4, -0.2) is 60.9 Å². The molecule has 0 N–H and O–H groups in total. The van der Waals surface area contributed by atoms with Crippen LogP contribution < -0.4 is 0 Å². The average Bonchev–Trinajstić information content (AvgIpc) is 2.80. The van der Waals surface area contributed by atoms with E-state index in [4.69, 9.17) is 23.7 Å². The topological polar surface area (TPSA) is 132 Å². The van der Waals surface area contributed by atoms with Gasteiger partial charge in [0.15, 0.2) is 12.2 Å². The summed E-state index contributed by atoms with van der Waals surface area (Å²) in [6, 6.07) is 0. The summed E-state index contributed by atoms with van der Waals surface area (Å²) < 4.78 is 24.9. The lowest BCUT2D eigenvalue weighted by Gasteiger charge is -2.29. The molecule has 4 atom stereocenters. The zero-order valence-electron chi connectivity index (χ0n) is 14.3. The van der Waals surface area contributed by atoms with Crippen LogP contribution in [-0.2, 0) is 47.7 Å². The molecular weight excluding hydrogens is 340 g/mol. The minimum atomic E-state index is -1.23. The fourth-order valence-corrected chi connectivity index (χ4v) is 2.27. The Morgan fingerprint density at radius 2 is 1.60 bits per heavy atom. The number of rotatable bonds is 7. The van der Waals surface area contributed by atoms with Gasteiger partial charge in [-0.05, 0) is 0 Å². The van der Waals surface area contributed by atoms with Crippen molar-refractivity contribution in [1.29, 1.82) is 0 Å². The molecule has 1 aliphatic heterocycles. The summed E-state index contributed by atoms with van der Waals surface area (Å²) in [4.78, 5) is 56.5. The summed E-state index contributed by atoms with van der Waals surface area (Å²) in [5.41, 5.74) is 0. The van der Waals surface area contributed by atoms with E-state index < -0.39 is 60.9 Å². The largest absolute Gasteiger partial charge is 0.462 e. The van der Waals surface area contributed by atoms with Gasteiger partial charge in [-0.3, -0.25) is 19.2 Å². The van der Waals surface area contributed by atoms with E-state index >= 15 is 0 Å². The summed E-state index contributed by atoms with van der Waals surface area (Å²) in [6.07, 6.45) is -4.73. The van der Waals surface area contributed by atoms with E-state index in [0.717, 1.165) is 27.7 Å². The molecule has 10 heteroatoms. The van der Waals surface area contributed by atoms with Crippen molar-refractivity contribution in [3.8, 4) is 0 Å². The van der Waals surface area contributed by atoms with Gasteiger partial charge in [-0.25, -0.2) is 4.79 Å². The molecule has 0 aliphatic carbocycles. The Labute approximate surface area is 143 Å². The minimum absolute atomic E-state index is 0.103. The number of cyclic esters (lactones) is 1. The van der Waals surface area contributed by atoms with Crippen molar-refractivity contribution in [1.82, 2.24) is 0 Å². The fourth-order valence-electron chi connectivity index (χ4n) is 2.27. The van der Waals surface area contributed by atoms with Gasteiger partial charge < -0.3 is 23.7 Å². The van der Waals surface area contributed by atoms with Gasteiger partial charge >= 0.3 is 29.8 Å². The highest BCUT2D eigenvalue weighted by Gasteiger charge is 2.46. The number of hydrogen-bond acceptors (Lipinski definition) is 10. The summed E-state index contributed by atoms with van der Waals surface area (Å²) in [5.74, 6) is -3.57. The second kappa shape index (κ2) is 9.00. The first-order valence-electron chi connectivity index (χ1n) is 7.45. The van der Waals surface area contributed by atoms with Crippen molar-refractivity contribution < 1.29 is 47.7 Å². The summed E-state index contributed by atoms with van der Waals surface area (Å²) in [5, 5.41) is 0. The minimum Gasteiger partial charge on any atom is -0.462 e. The molecule has 0 aromatic carbocycles. The highest BCUT2D eigenvalue weighted by molar-refractivity contribution is 5.80. The zero-order valence-corrected chi connectivity index (χ0v) is 14.3. The van der Waals surface area contributed by atoms with Gasteiger partial charge in [0.2, 0.25) is 6.10 Å². The van der Waals surface area contributed by atoms with E-state index in [-0.39, 0.29) is 6.42 Å².